The molecule has 5 nitrogen and oxygen atoms in total. The third-order valence-electron chi connectivity index (χ3n) is 4.64. The molecule has 1 aromatic heterocycles. The molecular weight excluding hydrogens is 406 g/mol. The lowest BCUT2D eigenvalue weighted by atomic mass is 10.1. The fourth-order valence-corrected chi connectivity index (χ4v) is 4.16. The first-order chi connectivity index (χ1) is 13.9. The Labute approximate surface area is 179 Å². The number of carbonyl (C=O) groups is 1. The van der Waals surface area contributed by atoms with Crippen LogP contribution in [0, 0.1) is 0 Å². The number of halogens is 1. The molecule has 152 valence electrons. The van der Waals surface area contributed by atoms with E-state index in [1.54, 1.807) is 22.8 Å². The van der Waals surface area contributed by atoms with Gasteiger partial charge in [-0.05, 0) is 44.0 Å². The standard InChI is InChI=1S/C22H24ClN3O2S/c1-4-12-26-21(28)18-11-10-17(23)13-19(18)25-22(26)29-15(3)20(27)24-14(2)16-8-6-5-7-9-16/h5-11,13-15H,4,12H2,1-3H3,(H,24,27)/t14-,15+/m1/s1. The van der Waals surface area contributed by atoms with Crippen LogP contribution in [0.5, 0.6) is 0 Å². The molecule has 0 aliphatic heterocycles. The number of thioether (sulfide) groups is 1. The molecule has 0 bridgehead atoms. The smallest absolute Gasteiger partial charge is 0.262 e. The number of benzene rings is 2. The van der Waals surface area contributed by atoms with Gasteiger partial charge >= 0.3 is 0 Å². The first-order valence-corrected chi connectivity index (χ1v) is 10.9. The van der Waals surface area contributed by atoms with Crippen molar-refractivity contribution in [2.45, 2.75) is 50.2 Å². The second-order valence-electron chi connectivity index (χ2n) is 6.91. The Bertz CT molecular complexity index is 1070. The van der Waals surface area contributed by atoms with Crippen LogP contribution in [-0.4, -0.2) is 20.7 Å². The van der Waals surface area contributed by atoms with Crippen molar-refractivity contribution in [3.05, 3.63) is 69.5 Å². The highest BCUT2D eigenvalue weighted by atomic mass is 35.5. The summed E-state index contributed by atoms with van der Waals surface area (Å²) >= 11 is 7.36. The molecule has 3 rings (SSSR count). The van der Waals surface area contributed by atoms with Crippen LogP contribution in [0.15, 0.2) is 58.5 Å². The molecule has 0 unspecified atom stereocenters. The second kappa shape index (κ2) is 9.46. The number of fused-ring (bicyclic) bond motifs is 1. The number of aromatic nitrogens is 2. The van der Waals surface area contributed by atoms with Gasteiger partial charge in [0, 0.05) is 11.6 Å². The summed E-state index contributed by atoms with van der Waals surface area (Å²) in [5.41, 5.74) is 1.48. The third-order valence-corrected chi connectivity index (χ3v) is 5.96. The zero-order chi connectivity index (χ0) is 21.0. The summed E-state index contributed by atoms with van der Waals surface area (Å²) in [5, 5.41) is 4.21. The molecule has 29 heavy (non-hydrogen) atoms. The van der Waals surface area contributed by atoms with Gasteiger partial charge in [0.1, 0.15) is 0 Å². The summed E-state index contributed by atoms with van der Waals surface area (Å²) in [5.74, 6) is -0.102. The van der Waals surface area contributed by atoms with Crippen molar-refractivity contribution in [2.24, 2.45) is 0 Å². The zero-order valence-electron chi connectivity index (χ0n) is 16.7. The van der Waals surface area contributed by atoms with Gasteiger partial charge in [0.05, 0.1) is 22.2 Å². The number of carbonyl (C=O) groups excluding carboxylic acids is 1. The number of hydrogen-bond acceptors (Lipinski definition) is 4. The molecule has 2 aromatic carbocycles. The minimum atomic E-state index is -0.409. The van der Waals surface area contributed by atoms with E-state index in [9.17, 15) is 9.59 Å². The van der Waals surface area contributed by atoms with Gasteiger partial charge in [0.25, 0.3) is 5.56 Å². The summed E-state index contributed by atoms with van der Waals surface area (Å²) in [4.78, 5) is 30.3. The topological polar surface area (TPSA) is 64.0 Å². The van der Waals surface area contributed by atoms with Crippen LogP contribution in [0.1, 0.15) is 38.8 Å². The number of amides is 1. The molecule has 1 N–H and O–H groups in total. The first-order valence-electron chi connectivity index (χ1n) is 9.62. The van der Waals surface area contributed by atoms with Crippen molar-refractivity contribution in [1.82, 2.24) is 14.9 Å². The molecule has 0 saturated carbocycles. The fraction of sp³-hybridized carbons (Fsp3) is 0.318. The van der Waals surface area contributed by atoms with Gasteiger partial charge in [-0.3, -0.25) is 14.2 Å². The van der Waals surface area contributed by atoms with Crippen LogP contribution >= 0.6 is 23.4 Å². The molecule has 0 aliphatic carbocycles. The van der Waals surface area contributed by atoms with E-state index in [-0.39, 0.29) is 17.5 Å². The van der Waals surface area contributed by atoms with Gasteiger partial charge in [-0.25, -0.2) is 4.98 Å². The molecule has 0 aliphatic rings. The highest BCUT2D eigenvalue weighted by Crippen LogP contribution is 2.25. The Kier molecular flexibility index (Phi) is 6.98. The Morgan fingerprint density at radius 3 is 2.62 bits per heavy atom. The minimum absolute atomic E-state index is 0.102. The summed E-state index contributed by atoms with van der Waals surface area (Å²) < 4.78 is 1.64. The van der Waals surface area contributed by atoms with Gasteiger partial charge in [-0.15, -0.1) is 0 Å². The van der Waals surface area contributed by atoms with E-state index in [1.165, 1.54) is 11.8 Å². The molecule has 7 heteroatoms. The van der Waals surface area contributed by atoms with E-state index in [0.29, 0.717) is 27.6 Å². The maximum atomic E-state index is 12.9. The summed E-state index contributed by atoms with van der Waals surface area (Å²) in [7, 11) is 0. The monoisotopic (exact) mass is 429 g/mol. The average Bonchev–Trinajstić information content (AvgIpc) is 2.71. The average molecular weight is 430 g/mol. The first kappa shape index (κ1) is 21.4. The summed E-state index contributed by atoms with van der Waals surface area (Å²) in [6.45, 7) is 6.32. The van der Waals surface area contributed by atoms with Gasteiger partial charge in [0.15, 0.2) is 5.16 Å². The SMILES string of the molecule is CCCn1c(S[C@@H](C)C(=O)N[C@H](C)c2ccccc2)nc2cc(Cl)ccc2c1=O. The fourth-order valence-electron chi connectivity index (χ4n) is 3.05. The van der Waals surface area contributed by atoms with Crippen molar-refractivity contribution >= 4 is 40.2 Å². The third kappa shape index (κ3) is 5.00. The van der Waals surface area contributed by atoms with E-state index >= 15 is 0 Å². The van der Waals surface area contributed by atoms with Crippen molar-refractivity contribution in [3.63, 3.8) is 0 Å². The van der Waals surface area contributed by atoms with Crippen molar-refractivity contribution < 1.29 is 4.79 Å². The Balaban J connectivity index is 1.85. The van der Waals surface area contributed by atoms with Crippen molar-refractivity contribution in [2.75, 3.05) is 0 Å². The number of hydrogen-bond donors (Lipinski definition) is 1. The highest BCUT2D eigenvalue weighted by molar-refractivity contribution is 8.00. The molecule has 0 saturated heterocycles. The van der Waals surface area contributed by atoms with Crippen LogP contribution in [0.3, 0.4) is 0 Å². The molecular formula is C22H24ClN3O2S. The Morgan fingerprint density at radius 1 is 1.21 bits per heavy atom. The molecule has 1 amide bonds. The minimum Gasteiger partial charge on any atom is -0.349 e. The van der Waals surface area contributed by atoms with Gasteiger partial charge in [0.2, 0.25) is 5.91 Å². The van der Waals surface area contributed by atoms with Crippen LogP contribution in [0.2, 0.25) is 5.02 Å². The predicted octanol–water partition coefficient (Wildman–Crippen LogP) is 4.82. The number of nitrogens with zero attached hydrogens (tertiary/aromatic N) is 2. The van der Waals surface area contributed by atoms with Crippen LogP contribution in [-0.2, 0) is 11.3 Å². The van der Waals surface area contributed by atoms with E-state index in [2.05, 4.69) is 10.3 Å². The number of rotatable bonds is 7. The molecule has 0 fully saturated rings. The lowest BCUT2D eigenvalue weighted by molar-refractivity contribution is -0.120. The van der Waals surface area contributed by atoms with E-state index < -0.39 is 5.25 Å². The van der Waals surface area contributed by atoms with Crippen molar-refractivity contribution in [3.8, 4) is 0 Å². The van der Waals surface area contributed by atoms with Crippen LogP contribution < -0.4 is 10.9 Å². The van der Waals surface area contributed by atoms with E-state index in [4.69, 9.17) is 11.6 Å². The summed E-state index contributed by atoms with van der Waals surface area (Å²) in [6.07, 6.45) is 0.792. The maximum absolute atomic E-state index is 12.9. The van der Waals surface area contributed by atoms with Crippen molar-refractivity contribution in [1.29, 1.82) is 0 Å². The van der Waals surface area contributed by atoms with Gasteiger partial charge in [-0.1, -0.05) is 60.6 Å². The Hall–Kier alpha value is -2.31. The highest BCUT2D eigenvalue weighted by Gasteiger charge is 2.21. The van der Waals surface area contributed by atoms with Crippen LogP contribution in [0.4, 0.5) is 0 Å². The molecule has 3 aromatic rings. The number of nitrogens with one attached hydrogen (secondary N) is 1. The van der Waals surface area contributed by atoms with Gasteiger partial charge < -0.3 is 5.32 Å². The van der Waals surface area contributed by atoms with Gasteiger partial charge in [-0.2, -0.15) is 0 Å². The molecule has 1 heterocycles. The van der Waals surface area contributed by atoms with E-state index in [1.807, 2.05) is 51.1 Å². The quantitative estimate of drug-likeness (QED) is 0.432. The largest absolute Gasteiger partial charge is 0.349 e. The van der Waals surface area contributed by atoms with Crippen LogP contribution in [0.25, 0.3) is 10.9 Å². The maximum Gasteiger partial charge on any atom is 0.262 e. The summed E-state index contributed by atoms with van der Waals surface area (Å²) in [6, 6.07) is 14.8. The molecule has 0 spiro atoms. The lowest BCUT2D eigenvalue weighted by Crippen LogP contribution is -2.34. The lowest BCUT2D eigenvalue weighted by Gasteiger charge is -2.19. The molecule has 2 atom stereocenters. The molecule has 0 radical (unpaired) electrons. The second-order valence-corrected chi connectivity index (χ2v) is 8.66. The Morgan fingerprint density at radius 2 is 1.93 bits per heavy atom. The normalized spacial score (nSPS) is 13.2. The zero-order valence-corrected chi connectivity index (χ0v) is 18.3. The predicted molar refractivity (Wildman–Crippen MR) is 120 cm³/mol. The van der Waals surface area contributed by atoms with E-state index in [0.717, 1.165) is 12.0 Å².